The minimum Gasteiger partial charge on any atom is -0.393 e. The smallest absolute Gasteiger partial charge is 0.224 e. The highest BCUT2D eigenvalue weighted by atomic mass is 35.5. The van der Waals surface area contributed by atoms with Crippen LogP contribution in [0.3, 0.4) is 0 Å². The Morgan fingerprint density at radius 1 is 1.06 bits per heavy atom. The number of amides is 1. The number of aliphatic hydroxyl groups excluding tert-OH is 1. The van der Waals surface area contributed by atoms with Crippen LogP contribution in [-0.4, -0.2) is 42.7 Å². The Labute approximate surface area is 217 Å². The number of aliphatic hydroxyl groups is 1. The molecule has 2 heterocycles. The van der Waals surface area contributed by atoms with Gasteiger partial charge in [-0.2, -0.15) is 4.98 Å². The molecule has 5 rings (SSSR count). The topological polar surface area (TPSA) is 131 Å². The number of benzene rings is 1. The number of aromatic nitrogens is 4. The first-order valence-corrected chi connectivity index (χ1v) is 12.8. The van der Waals surface area contributed by atoms with E-state index >= 15 is 0 Å². The fraction of sp³-hybridized carbons (Fsp3) is 0.478. The van der Waals surface area contributed by atoms with Gasteiger partial charge in [-0.25, -0.2) is 9.97 Å². The quantitative estimate of drug-likeness (QED) is 0.344. The molecule has 12 heteroatoms. The van der Waals surface area contributed by atoms with Crippen LogP contribution < -0.4 is 16.4 Å². The van der Waals surface area contributed by atoms with Gasteiger partial charge >= 0.3 is 0 Å². The summed E-state index contributed by atoms with van der Waals surface area (Å²) >= 11 is 18.9. The summed E-state index contributed by atoms with van der Waals surface area (Å²) in [5.41, 5.74) is 7.31. The van der Waals surface area contributed by atoms with Gasteiger partial charge in [0.15, 0.2) is 5.65 Å². The first-order valence-electron chi connectivity index (χ1n) is 11.7. The molecule has 3 aromatic rings. The third kappa shape index (κ3) is 5.14. The van der Waals surface area contributed by atoms with Crippen molar-refractivity contribution in [3.63, 3.8) is 0 Å². The Bertz CT molecular complexity index is 1240. The second-order valence-corrected chi connectivity index (χ2v) is 10.5. The first kappa shape index (κ1) is 24.4. The number of nitrogens with zero attached hydrogens (tertiary/aromatic N) is 4. The molecule has 186 valence electrons. The minimum atomic E-state index is -0.299. The van der Waals surface area contributed by atoms with Gasteiger partial charge in [0.1, 0.15) is 5.52 Å². The van der Waals surface area contributed by atoms with Crippen LogP contribution in [0.5, 0.6) is 0 Å². The number of imidazole rings is 1. The molecule has 0 spiro atoms. The summed E-state index contributed by atoms with van der Waals surface area (Å²) in [6.07, 6.45) is 6.55. The summed E-state index contributed by atoms with van der Waals surface area (Å²) in [6, 6.07) is 3.38. The van der Waals surface area contributed by atoms with Gasteiger partial charge in [0.05, 0.1) is 28.0 Å². The Balaban J connectivity index is 1.52. The summed E-state index contributed by atoms with van der Waals surface area (Å²) in [5, 5.41) is 17.6. The lowest BCUT2D eigenvalue weighted by molar-refractivity contribution is -0.122. The highest BCUT2D eigenvalue weighted by molar-refractivity contribution is 6.41. The van der Waals surface area contributed by atoms with Gasteiger partial charge in [0, 0.05) is 23.0 Å². The van der Waals surface area contributed by atoms with E-state index in [1.54, 1.807) is 18.3 Å². The zero-order chi connectivity index (χ0) is 24.7. The number of anilines is 3. The highest BCUT2D eigenvalue weighted by Crippen LogP contribution is 2.40. The number of carbonyl (C=O) groups is 1. The zero-order valence-electron chi connectivity index (χ0n) is 18.8. The number of nitrogens with one attached hydrogen (secondary N) is 2. The molecule has 9 nitrogen and oxygen atoms in total. The van der Waals surface area contributed by atoms with Crippen molar-refractivity contribution in [3.8, 4) is 0 Å². The summed E-state index contributed by atoms with van der Waals surface area (Å²) in [6.45, 7) is 0. The van der Waals surface area contributed by atoms with Crippen LogP contribution in [0, 0.1) is 5.92 Å². The van der Waals surface area contributed by atoms with E-state index in [1.165, 1.54) is 0 Å². The fourth-order valence-electron chi connectivity index (χ4n) is 5.06. The van der Waals surface area contributed by atoms with Crippen LogP contribution in [0.1, 0.15) is 51.0 Å². The van der Waals surface area contributed by atoms with E-state index in [2.05, 4.69) is 15.6 Å². The van der Waals surface area contributed by atoms with E-state index in [0.717, 1.165) is 25.7 Å². The monoisotopic (exact) mass is 537 g/mol. The number of carbonyl (C=O) groups excluding carboxylic acids is 1. The van der Waals surface area contributed by atoms with E-state index in [-0.39, 0.29) is 30.0 Å². The van der Waals surface area contributed by atoms with Gasteiger partial charge in [-0.05, 0) is 57.1 Å². The predicted octanol–water partition coefficient (Wildman–Crippen LogP) is 5.07. The lowest BCUT2D eigenvalue weighted by atomic mass is 9.85. The molecule has 2 atom stereocenters. The van der Waals surface area contributed by atoms with E-state index in [0.29, 0.717) is 63.1 Å². The molecule has 0 radical (unpaired) electrons. The number of hydrogen-bond donors (Lipinski definition) is 4. The first-order chi connectivity index (χ1) is 16.8. The minimum absolute atomic E-state index is 0.0407. The summed E-state index contributed by atoms with van der Waals surface area (Å²) in [4.78, 5) is 25.7. The molecular weight excluding hydrogens is 513 g/mol. The average Bonchev–Trinajstić information content (AvgIpc) is 3.38. The van der Waals surface area contributed by atoms with Crippen molar-refractivity contribution in [2.75, 3.05) is 10.6 Å². The van der Waals surface area contributed by atoms with Crippen molar-refractivity contribution in [1.29, 1.82) is 0 Å². The molecule has 1 amide bonds. The van der Waals surface area contributed by atoms with Crippen molar-refractivity contribution in [2.45, 2.75) is 63.1 Å². The van der Waals surface area contributed by atoms with Crippen molar-refractivity contribution in [2.24, 2.45) is 11.7 Å². The average molecular weight is 539 g/mol. The van der Waals surface area contributed by atoms with Gasteiger partial charge in [-0.15, -0.1) is 0 Å². The van der Waals surface area contributed by atoms with E-state index in [1.807, 2.05) is 4.57 Å². The predicted molar refractivity (Wildman–Crippen MR) is 138 cm³/mol. The normalized spacial score (nSPS) is 24.6. The second-order valence-electron chi connectivity index (χ2n) is 9.29. The molecule has 35 heavy (non-hydrogen) atoms. The van der Waals surface area contributed by atoms with Crippen LogP contribution in [0.25, 0.3) is 11.2 Å². The van der Waals surface area contributed by atoms with E-state index in [4.69, 9.17) is 50.5 Å². The second kappa shape index (κ2) is 9.97. The molecule has 1 aromatic carbocycles. The van der Waals surface area contributed by atoms with Gasteiger partial charge in [0.25, 0.3) is 0 Å². The van der Waals surface area contributed by atoms with Gasteiger partial charge in [0.2, 0.25) is 17.8 Å². The lowest BCUT2D eigenvalue weighted by Gasteiger charge is -2.29. The lowest BCUT2D eigenvalue weighted by Crippen LogP contribution is -2.29. The van der Waals surface area contributed by atoms with Crippen LogP contribution >= 0.6 is 34.8 Å². The molecule has 0 aliphatic heterocycles. The molecule has 5 N–H and O–H groups in total. The maximum Gasteiger partial charge on any atom is 0.224 e. The number of hydrogen-bond acceptors (Lipinski definition) is 7. The third-order valence-corrected chi connectivity index (χ3v) is 7.69. The molecule has 2 fully saturated rings. The Kier molecular flexibility index (Phi) is 6.94. The Hall–Kier alpha value is -2.33. The zero-order valence-corrected chi connectivity index (χ0v) is 21.1. The number of rotatable bonds is 6. The van der Waals surface area contributed by atoms with Crippen molar-refractivity contribution in [1.82, 2.24) is 19.5 Å². The molecule has 2 aliphatic rings. The summed E-state index contributed by atoms with van der Waals surface area (Å²) < 4.78 is 2.03. The van der Waals surface area contributed by atoms with Crippen molar-refractivity contribution < 1.29 is 9.90 Å². The molecular formula is C23H26Cl3N7O2. The van der Waals surface area contributed by atoms with Crippen LogP contribution in [0.4, 0.5) is 17.6 Å². The maximum absolute atomic E-state index is 11.7. The van der Waals surface area contributed by atoms with Crippen LogP contribution in [0.2, 0.25) is 15.1 Å². The molecule has 2 saturated carbocycles. The fourth-order valence-corrected chi connectivity index (χ4v) is 5.97. The molecule has 0 saturated heterocycles. The van der Waals surface area contributed by atoms with Crippen molar-refractivity contribution >= 4 is 69.5 Å². The number of nitrogens with two attached hydrogens (primary N) is 1. The van der Waals surface area contributed by atoms with Crippen LogP contribution in [0.15, 0.2) is 18.3 Å². The Morgan fingerprint density at radius 3 is 2.40 bits per heavy atom. The maximum atomic E-state index is 11.7. The highest BCUT2D eigenvalue weighted by Gasteiger charge is 2.30. The SMILES string of the molecule is NC(=O)[C@H]1CC[C@H](n2c(Nc3c(Cl)cc(Cl)cc3Cl)nc3cnc(N[C@@H]4CC[C@@H](O)C4)nc32)CC1. The van der Waals surface area contributed by atoms with E-state index < -0.39 is 0 Å². The molecule has 0 unspecified atom stereocenters. The molecule has 0 bridgehead atoms. The van der Waals surface area contributed by atoms with E-state index in [9.17, 15) is 9.90 Å². The van der Waals surface area contributed by atoms with Crippen LogP contribution in [-0.2, 0) is 4.79 Å². The summed E-state index contributed by atoms with van der Waals surface area (Å²) in [5.74, 6) is 0.622. The largest absolute Gasteiger partial charge is 0.393 e. The third-order valence-electron chi connectivity index (χ3n) is 6.88. The van der Waals surface area contributed by atoms with Crippen molar-refractivity contribution in [3.05, 3.63) is 33.4 Å². The number of primary amides is 1. The van der Waals surface area contributed by atoms with Gasteiger partial charge in [-0.1, -0.05) is 34.8 Å². The molecule has 2 aliphatic carbocycles. The van der Waals surface area contributed by atoms with Gasteiger partial charge < -0.3 is 21.5 Å². The van der Waals surface area contributed by atoms with Gasteiger partial charge in [-0.3, -0.25) is 9.36 Å². The Morgan fingerprint density at radius 2 is 1.77 bits per heavy atom. The summed E-state index contributed by atoms with van der Waals surface area (Å²) in [7, 11) is 0. The number of fused-ring (bicyclic) bond motifs is 1. The standard InChI is InChI=1S/C23H26Cl3N7O2/c24-12-7-16(25)19(17(26)8-12)31-23-30-18-10-28-22(29-13-3-6-15(34)9-13)32-21(18)33(23)14-4-1-11(2-5-14)20(27)35/h7-8,10-11,13-15,34H,1-6,9H2,(H2,27,35)(H,30,31)(H,28,29,32)/t11-,13-,14-,15-/m1/s1. The number of halogens is 3. The molecule has 2 aromatic heterocycles.